The highest BCUT2D eigenvalue weighted by molar-refractivity contribution is 14.0. The lowest BCUT2D eigenvalue weighted by atomic mass is 10.1. The Labute approximate surface area is 186 Å². The van der Waals surface area contributed by atoms with E-state index >= 15 is 0 Å². The molecule has 0 aliphatic heterocycles. The van der Waals surface area contributed by atoms with E-state index in [0.717, 1.165) is 22.0 Å². The summed E-state index contributed by atoms with van der Waals surface area (Å²) in [5.74, 6) is 2.51. The fourth-order valence-electron chi connectivity index (χ4n) is 2.45. The number of aliphatic imine (C=N–C) groups is 1. The van der Waals surface area contributed by atoms with Crippen molar-refractivity contribution >= 4 is 41.3 Å². The van der Waals surface area contributed by atoms with Crippen molar-refractivity contribution in [3.63, 3.8) is 0 Å². The predicted octanol–water partition coefficient (Wildman–Crippen LogP) is 4.71. The van der Waals surface area contributed by atoms with Crippen LogP contribution in [-0.2, 0) is 13.1 Å². The summed E-state index contributed by atoms with van der Waals surface area (Å²) < 4.78 is 5.83. The summed E-state index contributed by atoms with van der Waals surface area (Å²) in [6.45, 7) is 7.45. The molecule has 0 amide bonds. The highest BCUT2D eigenvalue weighted by atomic mass is 127. The molecule has 0 bridgehead atoms. The Bertz CT molecular complexity index is 901. The molecule has 2 heterocycles. The number of guanidine groups is 1. The quantitative estimate of drug-likeness (QED) is 0.285. The standard InChI is InChI=1S/C20H25N5OS.HI/c1-13(2)16-12-27-19(25-16)11-24-20(21-4)23-10-18-22-9-17(26-18)15-7-5-14(3)6-8-15;/h5-9,12-13H,10-11H2,1-4H3,(H2,21,23,24);1H. The van der Waals surface area contributed by atoms with E-state index in [1.807, 2.05) is 12.1 Å². The van der Waals surface area contributed by atoms with Crippen LogP contribution >= 0.6 is 35.3 Å². The van der Waals surface area contributed by atoms with Crippen molar-refractivity contribution in [1.29, 1.82) is 0 Å². The van der Waals surface area contributed by atoms with Crippen molar-refractivity contribution in [1.82, 2.24) is 20.6 Å². The number of nitrogens with one attached hydrogen (secondary N) is 2. The molecule has 0 fully saturated rings. The van der Waals surface area contributed by atoms with Gasteiger partial charge in [-0.1, -0.05) is 43.7 Å². The van der Waals surface area contributed by atoms with Crippen LogP contribution in [0.2, 0.25) is 0 Å². The average Bonchev–Trinajstić information content (AvgIpc) is 3.32. The van der Waals surface area contributed by atoms with Crippen molar-refractivity contribution < 1.29 is 4.42 Å². The molecular weight excluding hydrogens is 485 g/mol. The van der Waals surface area contributed by atoms with E-state index in [1.54, 1.807) is 24.6 Å². The van der Waals surface area contributed by atoms with Crippen LogP contribution in [0.3, 0.4) is 0 Å². The number of halogens is 1. The molecule has 2 N–H and O–H groups in total. The smallest absolute Gasteiger partial charge is 0.214 e. The fraction of sp³-hybridized carbons (Fsp3) is 0.350. The van der Waals surface area contributed by atoms with Crippen molar-refractivity contribution in [2.45, 2.75) is 39.8 Å². The van der Waals surface area contributed by atoms with Crippen LogP contribution in [0.1, 0.15) is 41.9 Å². The van der Waals surface area contributed by atoms with E-state index in [2.05, 4.69) is 63.9 Å². The first-order valence-electron chi connectivity index (χ1n) is 8.95. The minimum atomic E-state index is 0. The Morgan fingerprint density at radius 3 is 2.54 bits per heavy atom. The Morgan fingerprint density at radius 1 is 1.18 bits per heavy atom. The summed E-state index contributed by atoms with van der Waals surface area (Å²) in [6, 6.07) is 8.19. The predicted molar refractivity (Wildman–Crippen MR) is 125 cm³/mol. The minimum Gasteiger partial charge on any atom is -0.439 e. The second kappa shape index (κ2) is 10.6. The maximum atomic E-state index is 5.83. The van der Waals surface area contributed by atoms with Gasteiger partial charge in [0.1, 0.15) is 5.01 Å². The first-order valence-corrected chi connectivity index (χ1v) is 9.83. The van der Waals surface area contributed by atoms with Gasteiger partial charge < -0.3 is 15.1 Å². The molecule has 8 heteroatoms. The van der Waals surface area contributed by atoms with Crippen LogP contribution in [0.4, 0.5) is 0 Å². The van der Waals surface area contributed by atoms with Crippen molar-refractivity contribution in [3.05, 3.63) is 58.0 Å². The summed E-state index contributed by atoms with van der Waals surface area (Å²) in [4.78, 5) is 13.2. The Morgan fingerprint density at radius 2 is 1.89 bits per heavy atom. The van der Waals surface area contributed by atoms with Crippen LogP contribution in [0.25, 0.3) is 11.3 Å². The number of rotatable bonds is 6. The third kappa shape index (κ3) is 6.03. The van der Waals surface area contributed by atoms with Gasteiger partial charge in [-0.2, -0.15) is 0 Å². The molecule has 3 rings (SSSR count). The van der Waals surface area contributed by atoms with E-state index in [4.69, 9.17) is 4.42 Å². The second-order valence-electron chi connectivity index (χ2n) is 6.58. The van der Waals surface area contributed by atoms with Gasteiger partial charge >= 0.3 is 0 Å². The van der Waals surface area contributed by atoms with E-state index in [9.17, 15) is 0 Å². The first kappa shape index (κ1) is 22.4. The number of thiazole rings is 1. The minimum absolute atomic E-state index is 0. The molecule has 0 saturated heterocycles. The lowest BCUT2D eigenvalue weighted by Crippen LogP contribution is -2.36. The van der Waals surface area contributed by atoms with E-state index < -0.39 is 0 Å². The number of aryl methyl sites for hydroxylation is 1. The number of benzene rings is 1. The van der Waals surface area contributed by atoms with Gasteiger partial charge in [0.05, 0.1) is 25.0 Å². The molecule has 3 aromatic rings. The van der Waals surface area contributed by atoms with Crippen molar-refractivity contribution in [3.8, 4) is 11.3 Å². The van der Waals surface area contributed by atoms with Gasteiger partial charge in [-0.25, -0.2) is 9.97 Å². The van der Waals surface area contributed by atoms with Crippen molar-refractivity contribution in [2.75, 3.05) is 7.05 Å². The lowest BCUT2D eigenvalue weighted by molar-refractivity contribution is 0.497. The highest BCUT2D eigenvalue weighted by Gasteiger charge is 2.09. The van der Waals surface area contributed by atoms with Crippen molar-refractivity contribution in [2.24, 2.45) is 4.99 Å². The zero-order valence-electron chi connectivity index (χ0n) is 16.5. The summed E-state index contributed by atoms with van der Waals surface area (Å²) in [5, 5.41) is 9.64. The number of oxazole rings is 1. The number of nitrogens with zero attached hydrogens (tertiary/aromatic N) is 3. The lowest BCUT2D eigenvalue weighted by Gasteiger charge is -2.09. The highest BCUT2D eigenvalue weighted by Crippen LogP contribution is 2.20. The molecule has 28 heavy (non-hydrogen) atoms. The molecule has 6 nitrogen and oxygen atoms in total. The van der Waals surface area contributed by atoms with Gasteiger partial charge in [-0.05, 0) is 12.8 Å². The number of hydrogen-bond acceptors (Lipinski definition) is 5. The largest absolute Gasteiger partial charge is 0.439 e. The number of aromatic nitrogens is 2. The summed E-state index contributed by atoms with van der Waals surface area (Å²) in [7, 11) is 1.74. The molecule has 2 aromatic heterocycles. The number of hydrogen-bond donors (Lipinski definition) is 2. The molecular formula is C20H26IN5OS. The monoisotopic (exact) mass is 511 g/mol. The van der Waals surface area contributed by atoms with Gasteiger partial charge in [-0.3, -0.25) is 4.99 Å². The fourth-order valence-corrected chi connectivity index (χ4v) is 3.35. The van der Waals surface area contributed by atoms with E-state index in [1.165, 1.54) is 5.56 Å². The topological polar surface area (TPSA) is 75.3 Å². The Hall–Kier alpha value is -1.94. The molecule has 0 radical (unpaired) electrons. The van der Waals surface area contributed by atoms with Gasteiger partial charge in [0.15, 0.2) is 11.7 Å². The van der Waals surface area contributed by atoms with Crippen LogP contribution in [0.15, 0.2) is 45.3 Å². The average molecular weight is 511 g/mol. The summed E-state index contributed by atoms with van der Waals surface area (Å²) in [6.07, 6.45) is 1.75. The zero-order valence-corrected chi connectivity index (χ0v) is 19.7. The SMILES string of the molecule is CN=C(NCc1ncc(-c2ccc(C)cc2)o1)NCc1nc(C(C)C)cs1.I. The third-order valence-electron chi connectivity index (χ3n) is 4.09. The van der Waals surface area contributed by atoms with Gasteiger partial charge in [0.2, 0.25) is 5.89 Å². The first-order chi connectivity index (χ1) is 13.0. The molecule has 0 saturated carbocycles. The van der Waals surface area contributed by atoms with E-state index in [-0.39, 0.29) is 24.0 Å². The normalized spacial score (nSPS) is 11.4. The zero-order chi connectivity index (χ0) is 19.2. The molecule has 0 atom stereocenters. The van der Waals surface area contributed by atoms with Gasteiger partial charge in [-0.15, -0.1) is 35.3 Å². The van der Waals surface area contributed by atoms with Gasteiger partial charge in [0, 0.05) is 18.0 Å². The molecule has 150 valence electrons. The molecule has 0 aliphatic carbocycles. The molecule has 0 spiro atoms. The molecule has 1 aromatic carbocycles. The maximum Gasteiger partial charge on any atom is 0.214 e. The molecule has 0 aliphatic rings. The van der Waals surface area contributed by atoms with Crippen LogP contribution in [0.5, 0.6) is 0 Å². The third-order valence-corrected chi connectivity index (χ3v) is 4.96. The van der Waals surface area contributed by atoms with Crippen LogP contribution < -0.4 is 10.6 Å². The maximum absolute atomic E-state index is 5.83. The Kier molecular flexibility index (Phi) is 8.43. The summed E-state index contributed by atoms with van der Waals surface area (Å²) in [5.41, 5.74) is 3.37. The van der Waals surface area contributed by atoms with E-state index in [0.29, 0.717) is 30.9 Å². The molecule has 0 unspecified atom stereocenters. The Balaban J connectivity index is 0.00000280. The van der Waals surface area contributed by atoms with Crippen LogP contribution in [-0.4, -0.2) is 23.0 Å². The summed E-state index contributed by atoms with van der Waals surface area (Å²) >= 11 is 1.66. The van der Waals surface area contributed by atoms with Gasteiger partial charge in [0.25, 0.3) is 0 Å². The second-order valence-corrected chi connectivity index (χ2v) is 7.53. The van der Waals surface area contributed by atoms with Crippen LogP contribution in [0, 0.1) is 6.92 Å².